The van der Waals surface area contributed by atoms with Crippen molar-refractivity contribution in [2.45, 2.75) is 6.92 Å². The van der Waals surface area contributed by atoms with Gasteiger partial charge in [-0.1, -0.05) is 17.0 Å². The van der Waals surface area contributed by atoms with Gasteiger partial charge in [0.2, 0.25) is 5.88 Å². The fraction of sp³-hybridized carbons (Fsp3) is 0.167. The van der Waals surface area contributed by atoms with Crippen molar-refractivity contribution in [1.29, 1.82) is 0 Å². The number of hydrogen-bond donors (Lipinski definition) is 2. The summed E-state index contributed by atoms with van der Waals surface area (Å²) in [7, 11) is 0. The van der Waals surface area contributed by atoms with E-state index in [9.17, 15) is 4.79 Å². The molecule has 0 unspecified atom stereocenters. The van der Waals surface area contributed by atoms with E-state index in [0.717, 1.165) is 0 Å². The first-order chi connectivity index (χ1) is 8.70. The minimum atomic E-state index is -0.262. The van der Waals surface area contributed by atoms with Gasteiger partial charge in [0.15, 0.2) is 0 Å². The summed E-state index contributed by atoms with van der Waals surface area (Å²) in [6.07, 6.45) is 0. The van der Waals surface area contributed by atoms with Gasteiger partial charge in [-0.15, -0.1) is 11.3 Å². The van der Waals surface area contributed by atoms with Crippen LogP contribution >= 0.6 is 11.3 Å². The van der Waals surface area contributed by atoms with E-state index < -0.39 is 0 Å². The molecule has 0 spiro atoms. The van der Waals surface area contributed by atoms with Gasteiger partial charge in [0, 0.05) is 11.6 Å². The van der Waals surface area contributed by atoms with Crippen molar-refractivity contribution in [2.24, 2.45) is 5.73 Å². The minimum absolute atomic E-state index is 0.262. The summed E-state index contributed by atoms with van der Waals surface area (Å²) in [6.45, 7) is 2.04. The zero-order valence-electron chi connectivity index (χ0n) is 9.69. The second kappa shape index (κ2) is 5.49. The lowest BCUT2D eigenvalue weighted by molar-refractivity contribution is 0.102. The first-order valence-corrected chi connectivity index (χ1v) is 6.10. The van der Waals surface area contributed by atoms with E-state index in [4.69, 9.17) is 10.3 Å². The van der Waals surface area contributed by atoms with E-state index in [1.165, 1.54) is 11.3 Å². The van der Waals surface area contributed by atoms with Crippen LogP contribution in [0.4, 0.5) is 5.88 Å². The normalized spacial score (nSPS) is 9.67. The molecule has 1 amide bonds. The van der Waals surface area contributed by atoms with Gasteiger partial charge in [0.1, 0.15) is 4.88 Å². The molecule has 3 N–H and O–H groups in total. The van der Waals surface area contributed by atoms with Crippen molar-refractivity contribution in [2.75, 3.05) is 11.9 Å². The summed E-state index contributed by atoms with van der Waals surface area (Å²) in [4.78, 5) is 12.5. The Labute approximate surface area is 108 Å². The lowest BCUT2D eigenvalue weighted by Crippen LogP contribution is -2.10. The summed E-state index contributed by atoms with van der Waals surface area (Å²) >= 11 is 1.32. The van der Waals surface area contributed by atoms with Crippen LogP contribution in [0.2, 0.25) is 0 Å². The zero-order valence-corrected chi connectivity index (χ0v) is 10.5. The smallest absolute Gasteiger partial charge is 0.269 e. The fourth-order valence-electron chi connectivity index (χ4n) is 1.32. The molecular weight excluding hydrogens is 250 g/mol. The van der Waals surface area contributed by atoms with Crippen LogP contribution in [-0.2, 0) is 0 Å². The van der Waals surface area contributed by atoms with E-state index in [1.54, 1.807) is 24.4 Å². The topological polar surface area (TPSA) is 81.2 Å². The number of nitrogens with zero attached hydrogens (tertiary/aromatic N) is 1. The summed E-state index contributed by atoms with van der Waals surface area (Å²) < 4.78 is 4.92. The highest BCUT2D eigenvalue weighted by Crippen LogP contribution is 2.18. The van der Waals surface area contributed by atoms with Crippen LogP contribution in [0.1, 0.15) is 20.9 Å². The van der Waals surface area contributed by atoms with Crippen molar-refractivity contribution in [1.82, 2.24) is 5.16 Å². The van der Waals surface area contributed by atoms with Crippen LogP contribution in [0.15, 0.2) is 22.0 Å². The van der Waals surface area contributed by atoms with Crippen LogP contribution in [0.25, 0.3) is 0 Å². The summed E-state index contributed by atoms with van der Waals surface area (Å²) in [5.74, 6) is 5.64. The third-order valence-corrected chi connectivity index (χ3v) is 2.97. The fourth-order valence-corrected chi connectivity index (χ4v) is 2.07. The Bertz CT molecular complexity index is 619. The molecule has 0 saturated heterocycles. The first-order valence-electron chi connectivity index (χ1n) is 5.22. The average Bonchev–Trinajstić information content (AvgIpc) is 2.95. The van der Waals surface area contributed by atoms with Crippen molar-refractivity contribution in [3.8, 4) is 11.8 Å². The zero-order chi connectivity index (χ0) is 13.0. The first kappa shape index (κ1) is 12.4. The summed E-state index contributed by atoms with van der Waals surface area (Å²) in [5, 5.41) is 8.12. The number of aryl methyl sites for hydroxylation is 1. The van der Waals surface area contributed by atoms with E-state index in [1.807, 2.05) is 0 Å². The van der Waals surface area contributed by atoms with Crippen molar-refractivity contribution >= 4 is 23.1 Å². The molecule has 0 bridgehead atoms. The van der Waals surface area contributed by atoms with Gasteiger partial charge in [-0.25, -0.2) is 0 Å². The molecule has 2 heterocycles. The largest absolute Gasteiger partial charge is 0.338 e. The number of nitrogens with two attached hydrogens (primary N) is 1. The molecule has 92 valence electrons. The number of aromatic nitrogens is 1. The molecule has 0 aliphatic rings. The van der Waals surface area contributed by atoms with Crippen molar-refractivity contribution < 1.29 is 9.32 Å². The van der Waals surface area contributed by atoms with E-state index >= 15 is 0 Å². The average molecular weight is 261 g/mol. The Balaban J connectivity index is 2.16. The number of carbonyl (C=O) groups is 1. The lowest BCUT2D eigenvalue weighted by Gasteiger charge is -1.98. The van der Waals surface area contributed by atoms with Crippen LogP contribution in [-0.4, -0.2) is 17.6 Å². The summed E-state index contributed by atoms with van der Waals surface area (Å²) in [5.41, 5.74) is 6.68. The highest BCUT2D eigenvalue weighted by Gasteiger charge is 2.14. The third kappa shape index (κ3) is 2.77. The molecule has 18 heavy (non-hydrogen) atoms. The maximum Gasteiger partial charge on any atom is 0.269 e. The number of hydrogen-bond acceptors (Lipinski definition) is 5. The van der Waals surface area contributed by atoms with Gasteiger partial charge >= 0.3 is 0 Å². The second-order valence-corrected chi connectivity index (χ2v) is 4.37. The SMILES string of the molecule is Cc1cc(NC(=O)c2sccc2C#CCN)on1. The molecule has 0 fully saturated rings. The number of carbonyl (C=O) groups excluding carboxylic acids is 1. The quantitative estimate of drug-likeness (QED) is 0.805. The highest BCUT2D eigenvalue weighted by atomic mass is 32.1. The Morgan fingerprint density at radius 1 is 1.67 bits per heavy atom. The number of thiophene rings is 1. The Morgan fingerprint density at radius 2 is 2.50 bits per heavy atom. The molecule has 2 aromatic rings. The molecule has 5 nitrogen and oxygen atoms in total. The molecule has 6 heteroatoms. The molecule has 0 aromatic carbocycles. The van der Waals surface area contributed by atoms with E-state index in [2.05, 4.69) is 22.3 Å². The molecule has 0 aliphatic heterocycles. The van der Waals surface area contributed by atoms with E-state index in [0.29, 0.717) is 22.0 Å². The van der Waals surface area contributed by atoms with Gasteiger partial charge in [0.05, 0.1) is 12.2 Å². The number of nitrogens with one attached hydrogen (secondary N) is 1. The Kier molecular flexibility index (Phi) is 3.77. The molecule has 0 radical (unpaired) electrons. The predicted octanol–water partition coefficient (Wildman–Crippen LogP) is 1.61. The monoisotopic (exact) mass is 261 g/mol. The van der Waals surface area contributed by atoms with Gasteiger partial charge < -0.3 is 10.3 Å². The second-order valence-electron chi connectivity index (χ2n) is 3.46. The van der Waals surface area contributed by atoms with Gasteiger partial charge in [0.25, 0.3) is 5.91 Å². The van der Waals surface area contributed by atoms with Crippen LogP contribution in [0.5, 0.6) is 0 Å². The lowest BCUT2D eigenvalue weighted by atomic mass is 10.2. The Morgan fingerprint density at radius 3 is 3.17 bits per heavy atom. The molecule has 0 atom stereocenters. The van der Waals surface area contributed by atoms with Crippen molar-refractivity contribution in [3.05, 3.63) is 33.6 Å². The van der Waals surface area contributed by atoms with Crippen LogP contribution in [0, 0.1) is 18.8 Å². The predicted molar refractivity (Wildman–Crippen MR) is 69.4 cm³/mol. The maximum absolute atomic E-state index is 12.0. The summed E-state index contributed by atoms with van der Waals surface area (Å²) in [6, 6.07) is 3.44. The molecule has 2 aromatic heterocycles. The number of amides is 1. The van der Waals surface area contributed by atoms with Crippen LogP contribution < -0.4 is 11.1 Å². The molecular formula is C12H11N3O2S. The van der Waals surface area contributed by atoms with Gasteiger partial charge in [-0.3, -0.25) is 10.1 Å². The number of rotatable bonds is 2. The van der Waals surface area contributed by atoms with Crippen molar-refractivity contribution in [3.63, 3.8) is 0 Å². The van der Waals surface area contributed by atoms with Gasteiger partial charge in [-0.05, 0) is 18.4 Å². The molecule has 0 saturated carbocycles. The minimum Gasteiger partial charge on any atom is -0.338 e. The Hall–Kier alpha value is -2.10. The van der Waals surface area contributed by atoms with Crippen LogP contribution in [0.3, 0.4) is 0 Å². The third-order valence-electron chi connectivity index (χ3n) is 2.06. The standard InChI is InChI=1S/C12H11N3O2S/c1-8-7-10(17-15-8)14-12(16)11-9(3-2-5-13)4-6-18-11/h4,6-7H,5,13H2,1H3,(H,14,16). The highest BCUT2D eigenvalue weighted by molar-refractivity contribution is 7.12. The van der Waals surface area contributed by atoms with E-state index in [-0.39, 0.29) is 12.5 Å². The molecule has 2 rings (SSSR count). The number of anilines is 1. The maximum atomic E-state index is 12.0. The van der Waals surface area contributed by atoms with Gasteiger partial charge in [-0.2, -0.15) is 0 Å². The molecule has 0 aliphatic carbocycles.